The van der Waals surface area contributed by atoms with E-state index in [2.05, 4.69) is 9.89 Å². The second-order valence-corrected chi connectivity index (χ2v) is 6.90. The maximum Gasteiger partial charge on any atom is 0.355 e. The number of nitrogens with zero attached hydrogens (tertiary/aromatic N) is 3. The number of hydrogen-bond donors (Lipinski definition) is 0. The minimum Gasteiger partial charge on any atom is -0.465 e. The molecule has 0 N–H and O–H groups in total. The number of methoxy groups -OCH3 is 2. The van der Waals surface area contributed by atoms with Crippen molar-refractivity contribution < 1.29 is 19.1 Å². The van der Waals surface area contributed by atoms with Crippen molar-refractivity contribution in [1.29, 1.82) is 0 Å². The molecule has 1 aromatic carbocycles. The molecule has 1 aromatic rings. The Kier molecular flexibility index (Phi) is 4.49. The summed E-state index contributed by atoms with van der Waals surface area (Å²) < 4.78 is 9.78. The first-order valence-corrected chi connectivity index (χ1v) is 9.14. The Hall–Kier alpha value is -3.00. The molecule has 0 aliphatic carbocycles. The van der Waals surface area contributed by atoms with E-state index in [9.17, 15) is 9.59 Å². The lowest BCUT2D eigenvalue weighted by Crippen LogP contribution is -2.27. The summed E-state index contributed by atoms with van der Waals surface area (Å²) in [4.78, 5) is 34.2. The van der Waals surface area contributed by atoms with Gasteiger partial charge in [-0.25, -0.2) is 9.59 Å². The van der Waals surface area contributed by atoms with Crippen molar-refractivity contribution in [3.05, 3.63) is 53.9 Å². The molecule has 3 heterocycles. The van der Waals surface area contributed by atoms with E-state index in [4.69, 9.17) is 9.47 Å². The zero-order valence-corrected chi connectivity index (χ0v) is 15.7. The third-order valence-electron chi connectivity index (χ3n) is 4.40. The monoisotopic (exact) mass is 383 g/mol. The fourth-order valence-electron chi connectivity index (χ4n) is 3.15. The molecule has 0 saturated carbocycles. The van der Waals surface area contributed by atoms with Crippen LogP contribution in [0.1, 0.15) is 0 Å². The van der Waals surface area contributed by atoms with Crippen molar-refractivity contribution in [2.45, 2.75) is 4.90 Å². The molecule has 0 saturated heterocycles. The number of hydrogen-bond acceptors (Lipinski definition) is 8. The summed E-state index contributed by atoms with van der Waals surface area (Å²) in [6.45, 7) is 1.61. The first-order chi connectivity index (χ1) is 13.1. The zero-order chi connectivity index (χ0) is 19.0. The molecule has 3 aliphatic rings. The summed E-state index contributed by atoms with van der Waals surface area (Å²) in [6, 6.07) is 5.89. The van der Waals surface area contributed by atoms with Gasteiger partial charge < -0.3 is 19.3 Å². The molecular formula is C19H17N3O4S. The van der Waals surface area contributed by atoms with Crippen LogP contribution < -0.4 is 9.80 Å². The standard InChI is InChI=1S/C19H17N3O4S/c1-25-17(23)13-5-3-4-9-21(16(13)18(24)26-2)12-6-7-15-14(11-12)22-10-8-20-19(22)27-15/h3-7,9,11H,8,10H2,1-2H3. The number of carbonyl (C=O) groups excluding carboxylic acids is 2. The highest BCUT2D eigenvalue weighted by atomic mass is 32.2. The molecule has 138 valence electrons. The van der Waals surface area contributed by atoms with Crippen LogP contribution in [-0.2, 0) is 19.1 Å². The Morgan fingerprint density at radius 3 is 2.74 bits per heavy atom. The molecule has 3 aliphatic heterocycles. The highest BCUT2D eigenvalue weighted by Gasteiger charge is 2.32. The Morgan fingerprint density at radius 1 is 1.15 bits per heavy atom. The van der Waals surface area contributed by atoms with Gasteiger partial charge in [0.1, 0.15) is 5.70 Å². The molecular weight excluding hydrogens is 366 g/mol. The van der Waals surface area contributed by atoms with Crippen LogP contribution in [0.15, 0.2) is 63.8 Å². The molecule has 0 atom stereocenters. The predicted octanol–water partition coefficient (Wildman–Crippen LogP) is 2.46. The van der Waals surface area contributed by atoms with Crippen LogP contribution in [0.5, 0.6) is 0 Å². The molecule has 27 heavy (non-hydrogen) atoms. The number of benzene rings is 1. The molecule has 0 bridgehead atoms. The topological polar surface area (TPSA) is 71.4 Å². The Morgan fingerprint density at radius 2 is 1.96 bits per heavy atom. The summed E-state index contributed by atoms with van der Waals surface area (Å²) in [5, 5.41) is 0.995. The van der Waals surface area contributed by atoms with Crippen molar-refractivity contribution in [3.63, 3.8) is 0 Å². The van der Waals surface area contributed by atoms with E-state index in [1.54, 1.807) is 41.1 Å². The summed E-state index contributed by atoms with van der Waals surface area (Å²) in [5.74, 6) is -1.23. The van der Waals surface area contributed by atoms with E-state index in [-0.39, 0.29) is 11.3 Å². The van der Waals surface area contributed by atoms with Crippen molar-refractivity contribution in [2.75, 3.05) is 37.1 Å². The number of thioether (sulfide) groups is 1. The second-order valence-electron chi connectivity index (χ2n) is 5.89. The van der Waals surface area contributed by atoms with E-state index >= 15 is 0 Å². The second kappa shape index (κ2) is 6.96. The number of fused-ring (bicyclic) bond motifs is 3. The molecule has 0 fully saturated rings. The number of aliphatic imine (C=N–C) groups is 1. The summed E-state index contributed by atoms with van der Waals surface area (Å²) >= 11 is 1.64. The predicted molar refractivity (Wildman–Crippen MR) is 104 cm³/mol. The lowest BCUT2D eigenvalue weighted by atomic mass is 10.1. The van der Waals surface area contributed by atoms with Gasteiger partial charge in [0, 0.05) is 23.3 Å². The van der Waals surface area contributed by atoms with Crippen molar-refractivity contribution in [3.8, 4) is 0 Å². The van der Waals surface area contributed by atoms with Crippen molar-refractivity contribution in [2.24, 2.45) is 4.99 Å². The van der Waals surface area contributed by atoms with Gasteiger partial charge in [-0.05, 0) is 42.1 Å². The first-order valence-electron chi connectivity index (χ1n) is 8.33. The molecule has 0 aromatic heterocycles. The largest absolute Gasteiger partial charge is 0.465 e. The fourth-order valence-corrected chi connectivity index (χ4v) is 4.22. The Labute approximate surface area is 160 Å². The number of allylic oxidation sites excluding steroid dienone is 2. The number of carbonyl (C=O) groups is 2. The smallest absolute Gasteiger partial charge is 0.355 e. The molecule has 0 spiro atoms. The number of amidine groups is 1. The van der Waals surface area contributed by atoms with E-state index in [1.165, 1.54) is 14.2 Å². The highest BCUT2D eigenvalue weighted by Crippen LogP contribution is 2.44. The lowest BCUT2D eigenvalue weighted by Gasteiger charge is -2.24. The van der Waals surface area contributed by atoms with Gasteiger partial charge in [-0.2, -0.15) is 0 Å². The van der Waals surface area contributed by atoms with Gasteiger partial charge in [-0.3, -0.25) is 4.99 Å². The van der Waals surface area contributed by atoms with Crippen LogP contribution in [-0.4, -0.2) is 44.4 Å². The van der Waals surface area contributed by atoms with Crippen molar-refractivity contribution in [1.82, 2.24) is 0 Å². The third-order valence-corrected chi connectivity index (χ3v) is 5.50. The number of ether oxygens (including phenoxy) is 2. The molecule has 4 rings (SSSR count). The zero-order valence-electron chi connectivity index (χ0n) is 14.8. The molecule has 8 heteroatoms. The van der Waals surface area contributed by atoms with E-state index < -0.39 is 11.9 Å². The van der Waals surface area contributed by atoms with Crippen molar-refractivity contribution >= 4 is 40.2 Å². The molecule has 7 nitrogen and oxygen atoms in total. The lowest BCUT2D eigenvalue weighted by molar-refractivity contribution is -0.139. The molecule has 0 amide bonds. The van der Waals surface area contributed by atoms with E-state index in [0.717, 1.165) is 34.5 Å². The fraction of sp³-hybridized carbons (Fsp3) is 0.211. The number of anilines is 2. The summed E-state index contributed by atoms with van der Waals surface area (Å²) in [5.41, 5.74) is 2.02. The molecule has 0 unspecified atom stereocenters. The SMILES string of the molecule is COC(=O)C1=C(C(=O)OC)N(c2ccc3c(c2)N2CCN=C2S3)C=CC=C1. The van der Waals surface area contributed by atoms with Gasteiger partial charge in [0.25, 0.3) is 0 Å². The van der Waals surface area contributed by atoms with Crippen LogP contribution in [0.4, 0.5) is 11.4 Å². The Balaban J connectivity index is 1.82. The van der Waals surface area contributed by atoms with Crippen LogP contribution in [0.2, 0.25) is 0 Å². The summed E-state index contributed by atoms with van der Waals surface area (Å²) in [6.07, 6.45) is 6.71. The normalized spacial score (nSPS) is 17.5. The van der Waals surface area contributed by atoms with Crippen LogP contribution in [0.25, 0.3) is 0 Å². The van der Waals surface area contributed by atoms with Gasteiger partial charge in [-0.1, -0.05) is 6.08 Å². The minimum absolute atomic E-state index is 0.107. The van der Waals surface area contributed by atoms with Gasteiger partial charge in [0.15, 0.2) is 5.17 Å². The van der Waals surface area contributed by atoms with Crippen LogP contribution >= 0.6 is 11.8 Å². The Bertz CT molecular complexity index is 948. The minimum atomic E-state index is -0.620. The average Bonchev–Trinajstić information content (AvgIpc) is 3.20. The number of esters is 2. The maximum atomic E-state index is 12.5. The van der Waals surface area contributed by atoms with Gasteiger partial charge >= 0.3 is 11.9 Å². The number of rotatable bonds is 3. The van der Waals surface area contributed by atoms with Gasteiger partial charge in [0.2, 0.25) is 0 Å². The third kappa shape index (κ3) is 2.91. The highest BCUT2D eigenvalue weighted by molar-refractivity contribution is 8.14. The van der Waals surface area contributed by atoms with Gasteiger partial charge in [-0.15, -0.1) is 0 Å². The molecule has 0 radical (unpaired) electrons. The quantitative estimate of drug-likeness (QED) is 0.743. The maximum absolute atomic E-state index is 12.5. The van der Waals surface area contributed by atoms with E-state index in [1.807, 2.05) is 18.2 Å². The summed E-state index contributed by atoms with van der Waals surface area (Å²) in [7, 11) is 2.56. The van der Waals surface area contributed by atoms with E-state index in [0.29, 0.717) is 0 Å². The van der Waals surface area contributed by atoms with Crippen LogP contribution in [0, 0.1) is 0 Å². The van der Waals surface area contributed by atoms with Gasteiger partial charge in [0.05, 0.1) is 32.0 Å². The first kappa shape index (κ1) is 17.4. The average molecular weight is 383 g/mol. The van der Waals surface area contributed by atoms with Crippen LogP contribution in [0.3, 0.4) is 0 Å².